The van der Waals surface area contributed by atoms with Gasteiger partial charge in [-0.15, -0.1) is 0 Å². The van der Waals surface area contributed by atoms with E-state index in [-0.39, 0.29) is 18.2 Å². The zero-order chi connectivity index (χ0) is 18.1. The van der Waals surface area contributed by atoms with Gasteiger partial charge in [0.1, 0.15) is 6.42 Å². The molecule has 5 nitrogen and oxygen atoms in total. The van der Waals surface area contributed by atoms with Gasteiger partial charge in [0.05, 0.1) is 6.07 Å². The van der Waals surface area contributed by atoms with Gasteiger partial charge in [0.25, 0.3) is 0 Å². The third-order valence-electron chi connectivity index (χ3n) is 3.50. The van der Waals surface area contributed by atoms with Crippen molar-refractivity contribution >= 4 is 33.4 Å². The maximum atomic E-state index is 11.9. The molecule has 2 rings (SSSR count). The number of nitrogens with zero attached hydrogens (tertiary/aromatic N) is 1. The fraction of sp³-hybridized carbons (Fsp3) is 0.211. The second kappa shape index (κ2) is 9.60. The molecule has 0 spiro atoms. The first-order chi connectivity index (χ1) is 12.1. The highest BCUT2D eigenvalue weighted by Gasteiger charge is 2.04. The zero-order valence-electron chi connectivity index (χ0n) is 13.6. The first-order valence-electron chi connectivity index (χ1n) is 7.83. The van der Waals surface area contributed by atoms with Gasteiger partial charge in [-0.05, 0) is 41.8 Å². The van der Waals surface area contributed by atoms with Gasteiger partial charge < -0.3 is 10.6 Å². The van der Waals surface area contributed by atoms with Crippen LogP contribution in [0.15, 0.2) is 53.0 Å². The minimum absolute atomic E-state index is 0.00799. The molecule has 0 heterocycles. The fourth-order valence-electron chi connectivity index (χ4n) is 2.22. The Morgan fingerprint density at radius 2 is 1.80 bits per heavy atom. The van der Waals surface area contributed by atoms with Crippen LogP contribution in [0.2, 0.25) is 0 Å². The smallest absolute Gasteiger partial charge is 0.238 e. The Hall–Kier alpha value is -2.65. The van der Waals surface area contributed by atoms with E-state index >= 15 is 0 Å². The van der Waals surface area contributed by atoms with E-state index in [0.29, 0.717) is 25.1 Å². The molecular formula is C19H18BrN3O2. The molecule has 6 heteroatoms. The number of rotatable bonds is 7. The Bertz CT molecular complexity index is 782. The van der Waals surface area contributed by atoms with Crippen molar-refractivity contribution in [2.75, 3.05) is 5.32 Å². The molecule has 0 radical (unpaired) electrons. The summed E-state index contributed by atoms with van der Waals surface area (Å²) >= 11 is 3.42. The molecule has 2 N–H and O–H groups in total. The van der Waals surface area contributed by atoms with Crippen LogP contribution in [0.25, 0.3) is 0 Å². The number of aryl methyl sites for hydroxylation is 1. The highest BCUT2D eigenvalue weighted by atomic mass is 79.9. The first-order valence-corrected chi connectivity index (χ1v) is 8.63. The number of nitrogens with one attached hydrogen (secondary N) is 2. The lowest BCUT2D eigenvalue weighted by Crippen LogP contribution is -2.23. The molecule has 25 heavy (non-hydrogen) atoms. The Morgan fingerprint density at radius 3 is 2.48 bits per heavy atom. The summed E-state index contributed by atoms with van der Waals surface area (Å²) in [5.41, 5.74) is 2.68. The number of carbonyl (C=O) groups is 2. The summed E-state index contributed by atoms with van der Waals surface area (Å²) in [5.74, 6) is -0.345. The topological polar surface area (TPSA) is 82.0 Å². The van der Waals surface area contributed by atoms with E-state index in [9.17, 15) is 9.59 Å². The number of benzene rings is 2. The van der Waals surface area contributed by atoms with Crippen LogP contribution in [0.3, 0.4) is 0 Å². The summed E-state index contributed by atoms with van der Waals surface area (Å²) in [4.78, 5) is 23.3. The second-order valence-corrected chi connectivity index (χ2v) is 6.40. The number of hydrogen-bond donors (Lipinski definition) is 2. The molecule has 0 aliphatic carbocycles. The van der Waals surface area contributed by atoms with Crippen molar-refractivity contribution in [3.8, 4) is 6.07 Å². The van der Waals surface area contributed by atoms with Crippen LogP contribution in [0.1, 0.15) is 24.0 Å². The summed E-state index contributed by atoms with van der Waals surface area (Å²) in [6.07, 6.45) is 0.948. The number of carbonyl (C=O) groups excluding carboxylic acids is 2. The summed E-state index contributed by atoms with van der Waals surface area (Å²) < 4.78 is 1.01. The van der Waals surface area contributed by atoms with Crippen molar-refractivity contribution in [3.05, 3.63) is 64.1 Å². The number of amides is 2. The van der Waals surface area contributed by atoms with Gasteiger partial charge in [-0.1, -0.05) is 40.2 Å². The monoisotopic (exact) mass is 399 g/mol. The summed E-state index contributed by atoms with van der Waals surface area (Å²) in [5, 5.41) is 14.0. The molecular weight excluding hydrogens is 382 g/mol. The van der Waals surface area contributed by atoms with Gasteiger partial charge in [0, 0.05) is 23.1 Å². The molecule has 0 aromatic heterocycles. The molecule has 0 aliphatic heterocycles. The van der Waals surface area contributed by atoms with Gasteiger partial charge in [-0.3, -0.25) is 9.59 Å². The van der Waals surface area contributed by atoms with Crippen molar-refractivity contribution in [2.45, 2.75) is 25.8 Å². The summed E-state index contributed by atoms with van der Waals surface area (Å²) in [7, 11) is 0. The molecule has 0 saturated heterocycles. The van der Waals surface area contributed by atoms with Crippen LogP contribution in [0.5, 0.6) is 0 Å². The Balaban J connectivity index is 1.76. The van der Waals surface area contributed by atoms with Crippen LogP contribution < -0.4 is 10.6 Å². The number of anilines is 1. The molecule has 2 amide bonds. The van der Waals surface area contributed by atoms with Gasteiger partial charge in [-0.25, -0.2) is 0 Å². The largest absolute Gasteiger partial charge is 0.352 e. The van der Waals surface area contributed by atoms with Gasteiger partial charge in [0.15, 0.2) is 0 Å². The van der Waals surface area contributed by atoms with E-state index in [1.807, 2.05) is 36.4 Å². The Labute approximate surface area is 155 Å². The van der Waals surface area contributed by atoms with Crippen molar-refractivity contribution in [1.29, 1.82) is 5.26 Å². The quantitative estimate of drug-likeness (QED) is 0.746. The number of nitriles is 1. The van der Waals surface area contributed by atoms with Crippen molar-refractivity contribution in [3.63, 3.8) is 0 Å². The van der Waals surface area contributed by atoms with Crippen LogP contribution in [0.4, 0.5) is 5.69 Å². The molecule has 0 atom stereocenters. The third-order valence-corrected chi connectivity index (χ3v) is 3.99. The molecule has 2 aromatic rings. The Morgan fingerprint density at radius 1 is 1.04 bits per heavy atom. The maximum absolute atomic E-state index is 11.9. The molecule has 0 bridgehead atoms. The molecule has 128 valence electrons. The van der Waals surface area contributed by atoms with E-state index in [0.717, 1.165) is 15.6 Å². The average molecular weight is 400 g/mol. The SMILES string of the molecule is N#CCC(=O)Nc1ccc(CNC(=O)CCc2cccc(Br)c2)cc1. The van der Waals surface area contributed by atoms with Gasteiger partial charge in [0.2, 0.25) is 11.8 Å². The van der Waals surface area contributed by atoms with Crippen LogP contribution in [-0.2, 0) is 22.6 Å². The maximum Gasteiger partial charge on any atom is 0.238 e. The van der Waals surface area contributed by atoms with Crippen LogP contribution in [-0.4, -0.2) is 11.8 Å². The normalized spacial score (nSPS) is 9.92. The van der Waals surface area contributed by atoms with E-state index in [4.69, 9.17) is 5.26 Å². The third kappa shape index (κ3) is 6.77. The summed E-state index contributed by atoms with van der Waals surface area (Å²) in [6.45, 7) is 0.434. The molecule has 0 unspecified atom stereocenters. The van der Waals surface area contributed by atoms with Gasteiger partial charge >= 0.3 is 0 Å². The minimum Gasteiger partial charge on any atom is -0.352 e. The number of halogens is 1. The fourth-order valence-corrected chi connectivity index (χ4v) is 2.67. The standard InChI is InChI=1S/C19H18BrN3O2/c20-16-3-1-2-14(12-16)6-9-18(24)22-13-15-4-7-17(8-5-15)23-19(25)10-11-21/h1-5,7-8,12H,6,9-10,13H2,(H,22,24)(H,23,25). The number of hydrogen-bond acceptors (Lipinski definition) is 3. The summed E-state index contributed by atoms with van der Waals surface area (Å²) in [6, 6.07) is 16.9. The molecule has 0 aliphatic rings. The predicted molar refractivity (Wildman–Crippen MR) is 99.6 cm³/mol. The van der Waals surface area contributed by atoms with E-state index < -0.39 is 0 Å². The first kappa shape index (κ1) is 18.7. The second-order valence-electron chi connectivity index (χ2n) is 5.49. The van der Waals surface area contributed by atoms with Crippen LogP contribution in [0, 0.1) is 11.3 Å². The van der Waals surface area contributed by atoms with E-state index in [1.165, 1.54) is 0 Å². The lowest BCUT2D eigenvalue weighted by Gasteiger charge is -2.07. The predicted octanol–water partition coefficient (Wildman–Crippen LogP) is 3.55. The van der Waals surface area contributed by atoms with Crippen molar-refractivity contribution in [2.24, 2.45) is 0 Å². The molecule has 2 aromatic carbocycles. The van der Waals surface area contributed by atoms with Crippen molar-refractivity contribution in [1.82, 2.24) is 5.32 Å². The molecule has 0 saturated carbocycles. The highest BCUT2D eigenvalue weighted by molar-refractivity contribution is 9.10. The zero-order valence-corrected chi connectivity index (χ0v) is 15.2. The van der Waals surface area contributed by atoms with Crippen LogP contribution >= 0.6 is 15.9 Å². The average Bonchev–Trinajstić information content (AvgIpc) is 2.59. The minimum atomic E-state index is -0.337. The lowest BCUT2D eigenvalue weighted by molar-refractivity contribution is -0.121. The van der Waals surface area contributed by atoms with Crippen molar-refractivity contribution < 1.29 is 9.59 Å². The lowest BCUT2D eigenvalue weighted by atomic mass is 10.1. The highest BCUT2D eigenvalue weighted by Crippen LogP contribution is 2.13. The van der Waals surface area contributed by atoms with E-state index in [2.05, 4.69) is 26.6 Å². The van der Waals surface area contributed by atoms with E-state index in [1.54, 1.807) is 18.2 Å². The van der Waals surface area contributed by atoms with Gasteiger partial charge in [-0.2, -0.15) is 5.26 Å². The Kier molecular flexibility index (Phi) is 7.17. The molecule has 0 fully saturated rings.